The predicted molar refractivity (Wildman–Crippen MR) is 72.8 cm³/mol. The molecule has 2 saturated carbocycles. The third-order valence-electron chi connectivity index (χ3n) is 4.87. The van der Waals surface area contributed by atoms with Crippen LogP contribution < -0.4 is 11.1 Å². The van der Waals surface area contributed by atoms with Crippen molar-refractivity contribution in [1.29, 1.82) is 0 Å². The van der Waals surface area contributed by atoms with Gasteiger partial charge in [-0.1, -0.05) is 6.42 Å². The Morgan fingerprint density at radius 2 is 1.89 bits per heavy atom. The second kappa shape index (κ2) is 4.66. The number of halogens is 2. The van der Waals surface area contributed by atoms with E-state index in [9.17, 15) is 8.78 Å². The SMILES string of the molecule is CC(Nc1c(F)cc(N)cc1F)C1CC2CCC1C2. The van der Waals surface area contributed by atoms with Gasteiger partial charge in [-0.15, -0.1) is 0 Å². The summed E-state index contributed by atoms with van der Waals surface area (Å²) in [6.45, 7) is 2.03. The van der Waals surface area contributed by atoms with E-state index in [2.05, 4.69) is 5.32 Å². The second-order valence-corrected chi connectivity index (χ2v) is 6.13. The number of hydrogen-bond acceptors (Lipinski definition) is 2. The van der Waals surface area contributed by atoms with E-state index < -0.39 is 11.6 Å². The van der Waals surface area contributed by atoms with Gasteiger partial charge < -0.3 is 11.1 Å². The Hall–Kier alpha value is -1.32. The molecule has 0 heterocycles. The van der Waals surface area contributed by atoms with E-state index in [0.29, 0.717) is 5.92 Å². The first-order chi connectivity index (χ1) is 9.04. The van der Waals surface area contributed by atoms with E-state index in [1.807, 2.05) is 6.92 Å². The molecular weight excluding hydrogens is 246 g/mol. The number of anilines is 2. The highest BCUT2D eigenvalue weighted by Gasteiger charge is 2.42. The minimum absolute atomic E-state index is 0.0375. The number of nitrogens with two attached hydrogens (primary N) is 1. The van der Waals surface area contributed by atoms with E-state index >= 15 is 0 Å². The van der Waals surface area contributed by atoms with Gasteiger partial charge in [0.2, 0.25) is 0 Å². The Morgan fingerprint density at radius 1 is 1.21 bits per heavy atom. The molecule has 0 aromatic heterocycles. The highest BCUT2D eigenvalue weighted by atomic mass is 19.1. The molecule has 2 nitrogen and oxygen atoms in total. The molecule has 3 rings (SSSR count). The fourth-order valence-corrected chi connectivity index (χ4v) is 3.97. The number of hydrogen-bond donors (Lipinski definition) is 2. The van der Waals surface area contributed by atoms with Crippen LogP contribution in [0.2, 0.25) is 0 Å². The molecule has 1 aromatic carbocycles. The van der Waals surface area contributed by atoms with Gasteiger partial charge in [-0.2, -0.15) is 0 Å². The molecule has 4 atom stereocenters. The van der Waals surface area contributed by atoms with Gasteiger partial charge in [0.25, 0.3) is 0 Å². The Bertz CT molecular complexity index is 466. The van der Waals surface area contributed by atoms with Crippen molar-refractivity contribution in [3.05, 3.63) is 23.8 Å². The number of nitrogen functional groups attached to an aromatic ring is 1. The van der Waals surface area contributed by atoms with E-state index in [-0.39, 0.29) is 17.4 Å². The van der Waals surface area contributed by atoms with Crippen molar-refractivity contribution >= 4 is 11.4 Å². The summed E-state index contributed by atoms with van der Waals surface area (Å²) in [5.41, 5.74) is 5.50. The minimum atomic E-state index is -0.604. The van der Waals surface area contributed by atoms with E-state index in [1.54, 1.807) is 0 Å². The van der Waals surface area contributed by atoms with E-state index in [0.717, 1.165) is 11.8 Å². The van der Waals surface area contributed by atoms with Crippen LogP contribution in [0.3, 0.4) is 0 Å². The summed E-state index contributed by atoms with van der Waals surface area (Å²) in [6.07, 6.45) is 5.09. The zero-order valence-electron chi connectivity index (χ0n) is 11.1. The highest BCUT2D eigenvalue weighted by molar-refractivity contribution is 5.54. The summed E-state index contributed by atoms with van der Waals surface area (Å²) >= 11 is 0. The van der Waals surface area contributed by atoms with Crippen molar-refractivity contribution in [2.45, 2.75) is 38.6 Å². The lowest BCUT2D eigenvalue weighted by Crippen LogP contribution is -2.30. The summed E-state index contributed by atoms with van der Waals surface area (Å²) < 4.78 is 27.5. The molecule has 4 heteroatoms. The first kappa shape index (κ1) is 12.7. The molecule has 0 spiro atoms. The fourth-order valence-electron chi connectivity index (χ4n) is 3.97. The summed E-state index contributed by atoms with van der Waals surface area (Å²) in [5.74, 6) is 0.892. The van der Waals surface area contributed by atoms with Crippen LogP contribution in [0.15, 0.2) is 12.1 Å². The van der Waals surface area contributed by atoms with Crippen molar-refractivity contribution in [2.24, 2.45) is 17.8 Å². The topological polar surface area (TPSA) is 38.0 Å². The highest BCUT2D eigenvalue weighted by Crippen LogP contribution is 2.50. The van der Waals surface area contributed by atoms with E-state index in [1.165, 1.54) is 37.8 Å². The van der Waals surface area contributed by atoms with Crippen LogP contribution in [0.1, 0.15) is 32.6 Å². The maximum Gasteiger partial charge on any atom is 0.151 e. The minimum Gasteiger partial charge on any atom is -0.399 e. The van der Waals surface area contributed by atoms with Gasteiger partial charge in [0.15, 0.2) is 11.6 Å². The van der Waals surface area contributed by atoms with Crippen LogP contribution in [-0.2, 0) is 0 Å². The Labute approximate surface area is 112 Å². The van der Waals surface area contributed by atoms with Gasteiger partial charge >= 0.3 is 0 Å². The number of benzene rings is 1. The van der Waals surface area contributed by atoms with Crippen LogP contribution in [0, 0.1) is 29.4 Å². The Kier molecular flexibility index (Phi) is 3.11. The maximum absolute atomic E-state index is 13.8. The molecule has 0 aliphatic heterocycles. The molecular formula is C15H20F2N2. The summed E-state index contributed by atoms with van der Waals surface area (Å²) in [4.78, 5) is 0. The second-order valence-electron chi connectivity index (χ2n) is 6.13. The zero-order valence-corrected chi connectivity index (χ0v) is 11.1. The third-order valence-corrected chi connectivity index (χ3v) is 4.87. The Morgan fingerprint density at radius 3 is 2.42 bits per heavy atom. The molecule has 104 valence electrons. The number of nitrogens with one attached hydrogen (secondary N) is 1. The zero-order chi connectivity index (χ0) is 13.6. The predicted octanol–water partition coefficient (Wildman–Crippen LogP) is 3.78. The first-order valence-electron chi connectivity index (χ1n) is 7.05. The number of fused-ring (bicyclic) bond motifs is 2. The van der Waals surface area contributed by atoms with Crippen molar-refractivity contribution in [2.75, 3.05) is 11.1 Å². The largest absolute Gasteiger partial charge is 0.399 e. The molecule has 3 N–H and O–H groups in total. The van der Waals surface area contributed by atoms with Crippen LogP contribution in [-0.4, -0.2) is 6.04 Å². The lowest BCUT2D eigenvalue weighted by Gasteiger charge is -2.29. The van der Waals surface area contributed by atoms with Crippen LogP contribution in [0.4, 0.5) is 20.2 Å². The molecule has 0 saturated heterocycles. The third kappa shape index (κ3) is 2.28. The molecule has 2 bridgehead atoms. The molecule has 2 aliphatic rings. The van der Waals surface area contributed by atoms with Crippen molar-refractivity contribution in [3.8, 4) is 0 Å². The average molecular weight is 266 g/mol. The first-order valence-corrected chi connectivity index (χ1v) is 7.05. The fraction of sp³-hybridized carbons (Fsp3) is 0.600. The Balaban J connectivity index is 1.75. The van der Waals surface area contributed by atoms with Gasteiger partial charge in [0.05, 0.1) is 0 Å². The smallest absolute Gasteiger partial charge is 0.151 e. The van der Waals surface area contributed by atoms with Crippen LogP contribution >= 0.6 is 0 Å². The molecule has 1 aromatic rings. The van der Waals surface area contributed by atoms with Crippen LogP contribution in [0.5, 0.6) is 0 Å². The molecule has 4 unspecified atom stereocenters. The van der Waals surface area contributed by atoms with Gasteiger partial charge in [-0.25, -0.2) is 8.78 Å². The maximum atomic E-state index is 13.8. The standard InChI is InChI=1S/C15H20F2N2/c1-8(12-5-9-2-3-10(12)4-9)19-15-13(16)6-11(18)7-14(15)17/h6-10,12,19H,2-5,18H2,1H3. The van der Waals surface area contributed by atoms with Crippen molar-refractivity contribution in [3.63, 3.8) is 0 Å². The normalized spacial score (nSPS) is 30.6. The average Bonchev–Trinajstić information content (AvgIpc) is 2.95. The molecule has 19 heavy (non-hydrogen) atoms. The van der Waals surface area contributed by atoms with Crippen molar-refractivity contribution in [1.82, 2.24) is 0 Å². The molecule has 2 aliphatic carbocycles. The molecule has 0 amide bonds. The monoisotopic (exact) mass is 266 g/mol. The molecule has 0 radical (unpaired) electrons. The van der Waals surface area contributed by atoms with Gasteiger partial charge in [-0.3, -0.25) is 0 Å². The van der Waals surface area contributed by atoms with Crippen molar-refractivity contribution < 1.29 is 8.78 Å². The quantitative estimate of drug-likeness (QED) is 0.817. The van der Waals surface area contributed by atoms with Gasteiger partial charge in [0, 0.05) is 11.7 Å². The van der Waals surface area contributed by atoms with Crippen LogP contribution in [0.25, 0.3) is 0 Å². The number of rotatable bonds is 3. The summed E-state index contributed by atoms with van der Waals surface area (Å²) in [6, 6.07) is 2.43. The lowest BCUT2D eigenvalue weighted by atomic mass is 9.84. The lowest BCUT2D eigenvalue weighted by molar-refractivity contribution is 0.303. The molecule has 2 fully saturated rings. The summed E-state index contributed by atoms with van der Waals surface area (Å²) in [7, 11) is 0. The van der Waals surface area contributed by atoms with E-state index in [4.69, 9.17) is 5.73 Å². The van der Waals surface area contributed by atoms with Gasteiger partial charge in [-0.05, 0) is 56.1 Å². The summed E-state index contributed by atoms with van der Waals surface area (Å²) in [5, 5.41) is 3.03. The van der Waals surface area contributed by atoms with Gasteiger partial charge in [0.1, 0.15) is 5.69 Å².